The van der Waals surface area contributed by atoms with Crippen LogP contribution >= 0.6 is 15.9 Å². The molecule has 1 saturated heterocycles. The molecule has 2 aromatic rings. The van der Waals surface area contributed by atoms with Gasteiger partial charge in [-0.05, 0) is 46.1 Å². The lowest BCUT2D eigenvalue weighted by molar-refractivity contribution is -0.130. The minimum Gasteiger partial charge on any atom is -0.468 e. The van der Waals surface area contributed by atoms with Crippen LogP contribution in [0.3, 0.4) is 0 Å². The lowest BCUT2D eigenvalue weighted by Gasteiger charge is -2.21. The van der Waals surface area contributed by atoms with Crippen LogP contribution in [-0.2, 0) is 17.8 Å². The van der Waals surface area contributed by atoms with Crippen molar-refractivity contribution in [2.75, 3.05) is 26.2 Å². The van der Waals surface area contributed by atoms with E-state index in [9.17, 15) is 4.79 Å². The van der Waals surface area contributed by atoms with E-state index in [1.165, 1.54) is 0 Å². The van der Waals surface area contributed by atoms with E-state index < -0.39 is 0 Å². The lowest BCUT2D eigenvalue weighted by Crippen LogP contribution is -2.36. The van der Waals surface area contributed by atoms with Gasteiger partial charge in [0.15, 0.2) is 0 Å². The summed E-state index contributed by atoms with van der Waals surface area (Å²) in [5, 5.41) is 0. The molecule has 2 aromatic heterocycles. The number of rotatable bonds is 4. The summed E-state index contributed by atoms with van der Waals surface area (Å²) in [5.74, 6) is 1.15. The first-order valence-electron chi connectivity index (χ1n) is 7.82. The van der Waals surface area contributed by atoms with Crippen molar-refractivity contribution in [3.05, 3.63) is 52.7 Å². The Morgan fingerprint density at radius 1 is 1.26 bits per heavy atom. The van der Waals surface area contributed by atoms with E-state index in [1.807, 2.05) is 23.1 Å². The maximum atomic E-state index is 12.5. The van der Waals surface area contributed by atoms with Gasteiger partial charge < -0.3 is 9.32 Å². The van der Waals surface area contributed by atoms with Crippen LogP contribution in [0.2, 0.25) is 0 Å². The third-order valence-corrected chi connectivity index (χ3v) is 4.45. The van der Waals surface area contributed by atoms with Gasteiger partial charge in [-0.15, -0.1) is 0 Å². The van der Waals surface area contributed by atoms with Gasteiger partial charge in [-0.1, -0.05) is 0 Å². The Kier molecular flexibility index (Phi) is 5.46. The van der Waals surface area contributed by atoms with Crippen LogP contribution in [0.1, 0.15) is 17.7 Å². The second-order valence-electron chi connectivity index (χ2n) is 5.78. The summed E-state index contributed by atoms with van der Waals surface area (Å²) in [6.45, 7) is 4.26. The van der Waals surface area contributed by atoms with E-state index in [2.05, 4.69) is 25.8 Å². The largest absolute Gasteiger partial charge is 0.468 e. The van der Waals surface area contributed by atoms with Crippen LogP contribution in [0, 0.1) is 0 Å². The van der Waals surface area contributed by atoms with Gasteiger partial charge in [-0.3, -0.25) is 14.7 Å². The molecule has 1 aliphatic heterocycles. The van der Waals surface area contributed by atoms with Gasteiger partial charge >= 0.3 is 0 Å². The minimum atomic E-state index is 0.171. The van der Waals surface area contributed by atoms with Crippen molar-refractivity contribution in [1.82, 2.24) is 14.8 Å². The van der Waals surface area contributed by atoms with Crippen molar-refractivity contribution in [2.24, 2.45) is 0 Å². The number of amides is 1. The molecule has 0 radical (unpaired) electrons. The Bertz CT molecular complexity index is 645. The van der Waals surface area contributed by atoms with E-state index >= 15 is 0 Å². The third kappa shape index (κ3) is 4.65. The summed E-state index contributed by atoms with van der Waals surface area (Å²) in [6, 6.07) is 5.86. The molecule has 5 nitrogen and oxygen atoms in total. The maximum Gasteiger partial charge on any atom is 0.227 e. The summed E-state index contributed by atoms with van der Waals surface area (Å²) in [5.41, 5.74) is 0.945. The SMILES string of the molecule is O=C(Cc1cncc(Br)c1)N1CCCN(Cc2ccco2)CC1. The standard InChI is InChI=1S/C17H20BrN3O2/c18-15-9-14(11-19-12-15)10-17(22)21-5-2-4-20(6-7-21)13-16-3-1-8-23-16/h1,3,8-9,11-12H,2,4-7,10,13H2. The minimum absolute atomic E-state index is 0.171. The molecule has 0 atom stereocenters. The summed E-state index contributed by atoms with van der Waals surface area (Å²) < 4.78 is 6.31. The van der Waals surface area contributed by atoms with Crippen molar-refractivity contribution in [3.8, 4) is 0 Å². The molecule has 0 aliphatic carbocycles. The molecule has 0 aromatic carbocycles. The van der Waals surface area contributed by atoms with Gasteiger partial charge in [-0.25, -0.2) is 0 Å². The predicted molar refractivity (Wildman–Crippen MR) is 90.8 cm³/mol. The van der Waals surface area contributed by atoms with Crippen LogP contribution < -0.4 is 0 Å². The van der Waals surface area contributed by atoms with E-state index in [0.29, 0.717) is 6.42 Å². The van der Waals surface area contributed by atoms with Crippen LogP contribution in [0.15, 0.2) is 45.7 Å². The maximum absolute atomic E-state index is 12.5. The average molecular weight is 378 g/mol. The molecule has 3 heterocycles. The first kappa shape index (κ1) is 16.2. The van der Waals surface area contributed by atoms with Crippen molar-refractivity contribution >= 4 is 21.8 Å². The zero-order chi connectivity index (χ0) is 16.1. The van der Waals surface area contributed by atoms with Crippen molar-refractivity contribution in [1.29, 1.82) is 0 Å². The summed E-state index contributed by atoms with van der Waals surface area (Å²) in [7, 11) is 0. The summed E-state index contributed by atoms with van der Waals surface area (Å²) >= 11 is 3.39. The molecule has 6 heteroatoms. The molecule has 1 aliphatic rings. The highest BCUT2D eigenvalue weighted by atomic mass is 79.9. The normalized spacial score (nSPS) is 16.3. The molecule has 1 amide bonds. The van der Waals surface area contributed by atoms with Gasteiger partial charge in [0.05, 0.1) is 19.2 Å². The zero-order valence-corrected chi connectivity index (χ0v) is 14.5. The van der Waals surface area contributed by atoms with Crippen molar-refractivity contribution in [2.45, 2.75) is 19.4 Å². The lowest BCUT2D eigenvalue weighted by atomic mass is 10.2. The molecular weight excluding hydrogens is 358 g/mol. The predicted octanol–water partition coefficient (Wildman–Crippen LogP) is 2.71. The van der Waals surface area contributed by atoms with Gasteiger partial charge in [0.1, 0.15) is 5.76 Å². The Labute approximate surface area is 144 Å². The number of hydrogen-bond acceptors (Lipinski definition) is 4. The van der Waals surface area contributed by atoms with E-state index in [-0.39, 0.29) is 5.91 Å². The molecule has 3 rings (SSSR count). The molecule has 0 bridgehead atoms. The van der Waals surface area contributed by atoms with E-state index in [0.717, 1.165) is 54.9 Å². The second-order valence-corrected chi connectivity index (χ2v) is 6.69. The fourth-order valence-corrected chi connectivity index (χ4v) is 3.25. The highest BCUT2D eigenvalue weighted by Gasteiger charge is 2.20. The van der Waals surface area contributed by atoms with E-state index in [1.54, 1.807) is 18.7 Å². The van der Waals surface area contributed by atoms with Crippen molar-refractivity contribution in [3.63, 3.8) is 0 Å². The first-order chi connectivity index (χ1) is 11.2. The Morgan fingerprint density at radius 3 is 2.96 bits per heavy atom. The Balaban J connectivity index is 1.53. The highest BCUT2D eigenvalue weighted by molar-refractivity contribution is 9.10. The second kappa shape index (κ2) is 7.75. The number of halogens is 1. The van der Waals surface area contributed by atoms with Crippen LogP contribution in [0.4, 0.5) is 0 Å². The van der Waals surface area contributed by atoms with E-state index in [4.69, 9.17) is 4.42 Å². The fourth-order valence-electron chi connectivity index (χ4n) is 2.84. The molecule has 0 N–H and O–H groups in total. The monoisotopic (exact) mass is 377 g/mol. The third-order valence-electron chi connectivity index (χ3n) is 4.02. The van der Waals surface area contributed by atoms with Crippen LogP contribution in [-0.4, -0.2) is 46.9 Å². The van der Waals surface area contributed by atoms with Crippen molar-refractivity contribution < 1.29 is 9.21 Å². The molecule has 0 unspecified atom stereocenters. The number of aromatic nitrogens is 1. The Morgan fingerprint density at radius 2 is 2.17 bits per heavy atom. The molecule has 23 heavy (non-hydrogen) atoms. The number of carbonyl (C=O) groups is 1. The quantitative estimate of drug-likeness (QED) is 0.821. The number of nitrogens with zero attached hydrogens (tertiary/aromatic N) is 3. The number of hydrogen-bond donors (Lipinski definition) is 0. The fraction of sp³-hybridized carbons (Fsp3) is 0.412. The van der Waals surface area contributed by atoms with Gasteiger partial charge in [0.25, 0.3) is 0 Å². The Hall–Kier alpha value is -1.66. The van der Waals surface area contributed by atoms with Gasteiger partial charge in [-0.2, -0.15) is 0 Å². The topological polar surface area (TPSA) is 49.6 Å². The molecule has 1 fully saturated rings. The molecule has 122 valence electrons. The van der Waals surface area contributed by atoms with Gasteiger partial charge in [0.2, 0.25) is 5.91 Å². The zero-order valence-electron chi connectivity index (χ0n) is 12.9. The van der Waals surface area contributed by atoms with Crippen LogP contribution in [0.25, 0.3) is 0 Å². The summed E-state index contributed by atoms with van der Waals surface area (Å²) in [6.07, 6.45) is 6.58. The number of furan rings is 1. The summed E-state index contributed by atoms with van der Waals surface area (Å²) in [4.78, 5) is 20.9. The van der Waals surface area contributed by atoms with Gasteiger partial charge in [0, 0.05) is 43.0 Å². The smallest absolute Gasteiger partial charge is 0.227 e. The number of pyridine rings is 1. The highest BCUT2D eigenvalue weighted by Crippen LogP contribution is 2.13. The molecule has 0 spiro atoms. The average Bonchev–Trinajstić information content (AvgIpc) is 2.91. The molecule has 0 saturated carbocycles. The molecular formula is C17H20BrN3O2. The number of carbonyl (C=O) groups excluding carboxylic acids is 1. The first-order valence-corrected chi connectivity index (χ1v) is 8.62. The van der Waals surface area contributed by atoms with Crippen LogP contribution in [0.5, 0.6) is 0 Å².